The lowest BCUT2D eigenvalue weighted by Gasteiger charge is -2.30. The summed E-state index contributed by atoms with van der Waals surface area (Å²) in [6.07, 6.45) is 0. The normalized spacial score (nSPS) is 14.7. The maximum absolute atomic E-state index is 14.0. The van der Waals surface area contributed by atoms with Gasteiger partial charge in [-0.2, -0.15) is 4.31 Å². The topological polar surface area (TPSA) is 79.0 Å². The highest BCUT2D eigenvalue weighted by Gasteiger charge is 2.26. The summed E-state index contributed by atoms with van der Waals surface area (Å²) in [5, 5.41) is 2.56. The SMILES string of the molecule is CCN(CC)S(=O)(=O)c1ccc(N2CCOCC2)c(C(=O)Nc2ccccc2F)c1. The number of morpholine rings is 1. The zero-order valence-corrected chi connectivity index (χ0v) is 17.9. The molecule has 0 aliphatic carbocycles. The molecular weight excluding hydrogens is 409 g/mol. The predicted molar refractivity (Wildman–Crippen MR) is 114 cm³/mol. The Morgan fingerprint density at radius 1 is 1.13 bits per heavy atom. The van der Waals surface area contributed by atoms with E-state index in [0.29, 0.717) is 45.1 Å². The molecule has 1 heterocycles. The van der Waals surface area contributed by atoms with Crippen molar-refractivity contribution in [2.45, 2.75) is 18.7 Å². The van der Waals surface area contributed by atoms with Crippen LogP contribution >= 0.6 is 0 Å². The number of halogens is 1. The molecule has 9 heteroatoms. The minimum absolute atomic E-state index is 0.0295. The number of hydrogen-bond donors (Lipinski definition) is 1. The molecule has 30 heavy (non-hydrogen) atoms. The molecule has 1 amide bonds. The molecule has 3 rings (SSSR count). The van der Waals surface area contributed by atoms with Gasteiger partial charge in [-0.1, -0.05) is 26.0 Å². The van der Waals surface area contributed by atoms with Crippen LogP contribution in [-0.4, -0.2) is 58.0 Å². The second-order valence-corrected chi connectivity index (χ2v) is 8.74. The number of nitrogens with one attached hydrogen (secondary N) is 1. The molecular formula is C21H26FN3O4S. The first-order valence-electron chi connectivity index (χ1n) is 9.91. The summed E-state index contributed by atoms with van der Waals surface area (Å²) in [5.41, 5.74) is 0.798. The van der Waals surface area contributed by atoms with E-state index in [1.54, 1.807) is 26.0 Å². The van der Waals surface area contributed by atoms with Gasteiger partial charge in [0, 0.05) is 31.9 Å². The third-order valence-corrected chi connectivity index (χ3v) is 7.08. The van der Waals surface area contributed by atoms with Crippen LogP contribution in [0.1, 0.15) is 24.2 Å². The number of benzene rings is 2. The summed E-state index contributed by atoms with van der Waals surface area (Å²) >= 11 is 0. The maximum Gasteiger partial charge on any atom is 0.257 e. The molecule has 2 aromatic carbocycles. The number of para-hydroxylation sites is 1. The molecule has 7 nitrogen and oxygen atoms in total. The van der Waals surface area contributed by atoms with Crippen LogP contribution < -0.4 is 10.2 Å². The van der Waals surface area contributed by atoms with Crippen LogP contribution in [0.25, 0.3) is 0 Å². The van der Waals surface area contributed by atoms with Gasteiger partial charge in [0.15, 0.2) is 0 Å². The Morgan fingerprint density at radius 2 is 1.80 bits per heavy atom. The maximum atomic E-state index is 14.0. The van der Waals surface area contributed by atoms with E-state index in [9.17, 15) is 17.6 Å². The van der Waals surface area contributed by atoms with Crippen molar-refractivity contribution in [2.75, 3.05) is 49.6 Å². The fraction of sp³-hybridized carbons (Fsp3) is 0.381. The van der Waals surface area contributed by atoms with Crippen LogP contribution in [0.4, 0.5) is 15.8 Å². The number of rotatable bonds is 7. The van der Waals surface area contributed by atoms with Crippen molar-refractivity contribution < 1.29 is 22.3 Å². The van der Waals surface area contributed by atoms with Crippen molar-refractivity contribution in [2.24, 2.45) is 0 Å². The van der Waals surface area contributed by atoms with E-state index in [4.69, 9.17) is 4.74 Å². The first-order valence-corrected chi connectivity index (χ1v) is 11.3. The monoisotopic (exact) mass is 435 g/mol. The molecule has 162 valence electrons. The first kappa shape index (κ1) is 22.2. The van der Waals surface area contributed by atoms with Crippen LogP contribution in [-0.2, 0) is 14.8 Å². The van der Waals surface area contributed by atoms with Gasteiger partial charge in [0.05, 0.1) is 29.4 Å². The summed E-state index contributed by atoms with van der Waals surface area (Å²) in [6, 6.07) is 10.4. The lowest BCUT2D eigenvalue weighted by Crippen LogP contribution is -2.37. The average molecular weight is 436 g/mol. The average Bonchev–Trinajstić information content (AvgIpc) is 2.76. The van der Waals surface area contributed by atoms with Crippen LogP contribution in [0.2, 0.25) is 0 Å². The minimum atomic E-state index is -3.75. The van der Waals surface area contributed by atoms with Crippen molar-refractivity contribution >= 4 is 27.3 Å². The molecule has 0 saturated carbocycles. The lowest BCUT2D eigenvalue weighted by atomic mass is 10.1. The van der Waals surface area contributed by atoms with E-state index in [0.717, 1.165) is 0 Å². The van der Waals surface area contributed by atoms with Crippen LogP contribution in [0, 0.1) is 5.82 Å². The Bertz CT molecular complexity index is 1000. The third kappa shape index (κ3) is 4.63. The van der Waals surface area contributed by atoms with Gasteiger partial charge in [-0.3, -0.25) is 4.79 Å². The van der Waals surface area contributed by atoms with E-state index in [-0.39, 0.29) is 16.1 Å². The molecule has 1 saturated heterocycles. The third-order valence-electron chi connectivity index (χ3n) is 5.03. The molecule has 0 radical (unpaired) electrons. The first-order chi connectivity index (χ1) is 14.4. The Morgan fingerprint density at radius 3 is 2.43 bits per heavy atom. The molecule has 0 unspecified atom stereocenters. The molecule has 0 atom stereocenters. The van der Waals surface area contributed by atoms with E-state index < -0.39 is 21.7 Å². The van der Waals surface area contributed by atoms with E-state index >= 15 is 0 Å². The molecule has 1 aliphatic heterocycles. The number of amides is 1. The van der Waals surface area contributed by atoms with Gasteiger partial charge in [0.25, 0.3) is 5.91 Å². The van der Waals surface area contributed by atoms with Crippen molar-refractivity contribution in [1.29, 1.82) is 0 Å². The van der Waals surface area contributed by atoms with Crippen molar-refractivity contribution in [3.63, 3.8) is 0 Å². The van der Waals surface area contributed by atoms with Crippen LogP contribution in [0.15, 0.2) is 47.4 Å². The number of ether oxygens (including phenoxy) is 1. The molecule has 0 bridgehead atoms. The Hall–Kier alpha value is -2.49. The summed E-state index contributed by atoms with van der Waals surface area (Å²) in [7, 11) is -3.75. The smallest absolute Gasteiger partial charge is 0.257 e. The Labute approximate surface area is 176 Å². The fourth-order valence-corrected chi connectivity index (χ4v) is 4.89. The largest absolute Gasteiger partial charge is 0.378 e. The highest BCUT2D eigenvalue weighted by atomic mass is 32.2. The van der Waals surface area contributed by atoms with Gasteiger partial charge in [-0.05, 0) is 30.3 Å². The van der Waals surface area contributed by atoms with Gasteiger partial charge in [-0.25, -0.2) is 12.8 Å². The standard InChI is InChI=1S/C21H26FN3O4S/c1-3-25(4-2)30(27,28)16-9-10-20(24-11-13-29-14-12-24)17(15-16)21(26)23-19-8-6-5-7-18(19)22/h5-10,15H,3-4,11-14H2,1-2H3,(H,23,26). The van der Waals surface area contributed by atoms with Crippen LogP contribution in [0.5, 0.6) is 0 Å². The van der Waals surface area contributed by atoms with E-state index in [2.05, 4.69) is 5.32 Å². The number of anilines is 2. The van der Waals surface area contributed by atoms with Crippen molar-refractivity contribution in [1.82, 2.24) is 4.31 Å². The Balaban J connectivity index is 2.04. The number of nitrogens with zero attached hydrogens (tertiary/aromatic N) is 2. The van der Waals surface area contributed by atoms with Crippen LogP contribution in [0.3, 0.4) is 0 Å². The number of hydrogen-bond acceptors (Lipinski definition) is 5. The van der Waals surface area contributed by atoms with Gasteiger partial charge in [-0.15, -0.1) is 0 Å². The summed E-state index contributed by atoms with van der Waals surface area (Å²) in [5.74, 6) is -1.14. The number of carbonyl (C=O) groups is 1. The molecule has 1 aliphatic rings. The fourth-order valence-electron chi connectivity index (χ4n) is 3.40. The number of carbonyl (C=O) groups excluding carboxylic acids is 1. The van der Waals surface area contributed by atoms with Crippen molar-refractivity contribution in [3.05, 3.63) is 53.8 Å². The highest BCUT2D eigenvalue weighted by molar-refractivity contribution is 7.89. The van der Waals surface area contributed by atoms with Gasteiger partial charge >= 0.3 is 0 Å². The second kappa shape index (κ2) is 9.55. The van der Waals surface area contributed by atoms with Gasteiger partial charge < -0.3 is 15.0 Å². The molecule has 1 N–H and O–H groups in total. The summed E-state index contributed by atoms with van der Waals surface area (Å²) < 4.78 is 46.7. The summed E-state index contributed by atoms with van der Waals surface area (Å²) in [6.45, 7) is 6.32. The van der Waals surface area contributed by atoms with Crippen molar-refractivity contribution in [3.8, 4) is 0 Å². The second-order valence-electron chi connectivity index (χ2n) is 6.80. The summed E-state index contributed by atoms with van der Waals surface area (Å²) in [4.78, 5) is 15.1. The molecule has 0 spiro atoms. The van der Waals surface area contributed by atoms with E-state index in [1.165, 1.54) is 34.6 Å². The minimum Gasteiger partial charge on any atom is -0.378 e. The zero-order valence-electron chi connectivity index (χ0n) is 17.1. The van der Waals surface area contributed by atoms with Gasteiger partial charge in [0.2, 0.25) is 10.0 Å². The number of sulfonamides is 1. The predicted octanol–water partition coefficient (Wildman–Crippen LogP) is 2.95. The highest BCUT2D eigenvalue weighted by Crippen LogP contribution is 2.28. The lowest BCUT2D eigenvalue weighted by molar-refractivity contribution is 0.102. The quantitative estimate of drug-likeness (QED) is 0.724. The van der Waals surface area contributed by atoms with E-state index in [1.807, 2.05) is 4.90 Å². The zero-order chi connectivity index (χ0) is 21.7. The molecule has 1 fully saturated rings. The Kier molecular flexibility index (Phi) is 7.06. The molecule has 0 aromatic heterocycles. The van der Waals surface area contributed by atoms with Gasteiger partial charge in [0.1, 0.15) is 5.82 Å². The molecule has 2 aromatic rings.